The normalized spacial score (nSPS) is 10.6. The van der Waals surface area contributed by atoms with Crippen molar-refractivity contribution in [2.45, 2.75) is 6.42 Å². The molecule has 0 heterocycles. The van der Waals surface area contributed by atoms with E-state index >= 15 is 0 Å². The summed E-state index contributed by atoms with van der Waals surface area (Å²) in [6.07, 6.45) is 3.46. The summed E-state index contributed by atoms with van der Waals surface area (Å²) in [6, 6.07) is 32.1. The van der Waals surface area contributed by atoms with E-state index in [2.05, 4.69) is 35.8 Å². The minimum atomic E-state index is -0.470. The predicted octanol–water partition coefficient (Wildman–Crippen LogP) is 6.82. The molecule has 0 saturated carbocycles. The van der Waals surface area contributed by atoms with Gasteiger partial charge in [-0.3, -0.25) is 4.99 Å². The highest BCUT2D eigenvalue weighted by Gasteiger charge is 2.09. The van der Waals surface area contributed by atoms with Crippen LogP contribution in [-0.2, 0) is 9.53 Å². The molecular weight excluding hydrogens is 478 g/mol. The Morgan fingerprint density at radius 3 is 2.08 bits per heavy atom. The van der Waals surface area contributed by atoms with Crippen molar-refractivity contribution in [2.24, 2.45) is 4.99 Å². The second-order valence-electron chi connectivity index (χ2n) is 8.23. The summed E-state index contributed by atoms with van der Waals surface area (Å²) >= 11 is 0. The lowest BCUT2D eigenvalue weighted by Gasteiger charge is -2.08. The van der Waals surface area contributed by atoms with Crippen LogP contribution in [0, 0.1) is 0 Å². The van der Waals surface area contributed by atoms with Crippen LogP contribution in [0.3, 0.4) is 0 Å². The van der Waals surface area contributed by atoms with Crippen molar-refractivity contribution in [3.8, 4) is 22.6 Å². The first-order valence-electron chi connectivity index (χ1n) is 12.1. The van der Waals surface area contributed by atoms with Crippen molar-refractivity contribution in [3.63, 3.8) is 0 Å². The van der Waals surface area contributed by atoms with Crippen molar-refractivity contribution in [1.82, 2.24) is 0 Å². The number of ether oxygens (including phenoxy) is 3. The number of carbonyl (C=O) groups excluding carboxylic acids is 2. The Balaban J connectivity index is 1.25. The molecule has 0 amide bonds. The van der Waals surface area contributed by atoms with E-state index in [-0.39, 0.29) is 6.61 Å². The van der Waals surface area contributed by atoms with E-state index in [1.54, 1.807) is 54.7 Å². The number of esters is 2. The molecule has 0 radical (unpaired) electrons. The smallest absolute Gasteiger partial charge is 0.343 e. The van der Waals surface area contributed by atoms with E-state index in [9.17, 15) is 9.59 Å². The maximum Gasteiger partial charge on any atom is 0.343 e. The molecule has 4 aromatic rings. The van der Waals surface area contributed by atoms with Gasteiger partial charge < -0.3 is 14.2 Å². The fraction of sp³-hybridized carbons (Fsp3) is 0.0938. The van der Waals surface area contributed by atoms with Crippen LogP contribution in [-0.4, -0.2) is 31.4 Å². The molecule has 0 aliphatic carbocycles. The summed E-state index contributed by atoms with van der Waals surface area (Å²) < 4.78 is 15.9. The number of nitrogens with zero attached hydrogens (tertiary/aromatic N) is 1. The van der Waals surface area contributed by atoms with Gasteiger partial charge in [0.05, 0.1) is 24.5 Å². The zero-order valence-electron chi connectivity index (χ0n) is 20.8. The molecule has 6 nitrogen and oxygen atoms in total. The second-order valence-corrected chi connectivity index (χ2v) is 8.23. The van der Waals surface area contributed by atoms with Crippen LogP contribution in [0.4, 0.5) is 5.69 Å². The fourth-order valence-corrected chi connectivity index (χ4v) is 3.48. The third-order valence-electron chi connectivity index (χ3n) is 5.49. The van der Waals surface area contributed by atoms with Gasteiger partial charge in [-0.2, -0.15) is 0 Å². The predicted molar refractivity (Wildman–Crippen MR) is 148 cm³/mol. The molecule has 4 rings (SSSR count). The third kappa shape index (κ3) is 7.77. The van der Waals surface area contributed by atoms with E-state index < -0.39 is 11.9 Å². The number of hydrogen-bond donors (Lipinski definition) is 0. The Bertz CT molecular complexity index is 1380. The zero-order chi connectivity index (χ0) is 26.6. The zero-order valence-corrected chi connectivity index (χ0v) is 20.8. The highest BCUT2D eigenvalue weighted by Crippen LogP contribution is 2.21. The van der Waals surface area contributed by atoms with E-state index in [1.807, 2.05) is 30.3 Å². The van der Waals surface area contributed by atoms with Crippen LogP contribution in [0.2, 0.25) is 0 Å². The lowest BCUT2D eigenvalue weighted by Crippen LogP contribution is -2.09. The van der Waals surface area contributed by atoms with Crippen LogP contribution >= 0.6 is 0 Å². The van der Waals surface area contributed by atoms with Gasteiger partial charge in [0.25, 0.3) is 0 Å². The summed E-state index contributed by atoms with van der Waals surface area (Å²) in [5, 5.41) is 0. The molecule has 0 aliphatic rings. The van der Waals surface area contributed by atoms with Crippen molar-refractivity contribution >= 4 is 23.8 Å². The Morgan fingerprint density at radius 1 is 0.737 bits per heavy atom. The lowest BCUT2D eigenvalue weighted by atomic mass is 10.0. The molecule has 190 valence electrons. The van der Waals surface area contributed by atoms with Crippen molar-refractivity contribution in [3.05, 3.63) is 127 Å². The number of aliphatic imine (C=N–C) groups is 1. The average Bonchev–Trinajstić information content (AvgIpc) is 2.97. The second kappa shape index (κ2) is 13.4. The van der Waals surface area contributed by atoms with Crippen LogP contribution < -0.4 is 9.47 Å². The van der Waals surface area contributed by atoms with Crippen LogP contribution in [0.15, 0.2) is 121 Å². The largest absolute Gasteiger partial charge is 0.493 e. The van der Waals surface area contributed by atoms with Gasteiger partial charge in [0.1, 0.15) is 11.5 Å². The Hall–Kier alpha value is -4.97. The summed E-state index contributed by atoms with van der Waals surface area (Å²) in [6.45, 7) is 3.97. The van der Waals surface area contributed by atoms with E-state index in [0.29, 0.717) is 30.1 Å². The molecule has 0 aliphatic heterocycles. The first kappa shape index (κ1) is 26.1. The molecule has 38 heavy (non-hydrogen) atoms. The highest BCUT2D eigenvalue weighted by atomic mass is 16.5. The molecule has 0 spiro atoms. The van der Waals surface area contributed by atoms with Gasteiger partial charge in [-0.05, 0) is 65.2 Å². The van der Waals surface area contributed by atoms with Gasteiger partial charge >= 0.3 is 11.9 Å². The number of carbonyl (C=O) groups is 2. The maximum atomic E-state index is 12.5. The molecule has 4 aromatic carbocycles. The molecule has 0 N–H and O–H groups in total. The summed E-state index contributed by atoms with van der Waals surface area (Å²) in [4.78, 5) is 28.0. The molecule has 0 atom stereocenters. The quantitative estimate of drug-likeness (QED) is 0.0735. The van der Waals surface area contributed by atoms with Gasteiger partial charge in [-0.25, -0.2) is 9.59 Å². The first-order valence-corrected chi connectivity index (χ1v) is 12.1. The van der Waals surface area contributed by atoms with Crippen molar-refractivity contribution in [2.75, 3.05) is 13.2 Å². The van der Waals surface area contributed by atoms with E-state index in [4.69, 9.17) is 14.2 Å². The van der Waals surface area contributed by atoms with Gasteiger partial charge in [0.2, 0.25) is 0 Å². The molecule has 0 aromatic heterocycles. The van der Waals surface area contributed by atoms with Crippen molar-refractivity contribution in [1.29, 1.82) is 0 Å². The number of hydrogen-bond acceptors (Lipinski definition) is 6. The summed E-state index contributed by atoms with van der Waals surface area (Å²) in [5.41, 5.74) is 4.46. The Kier molecular flexibility index (Phi) is 9.18. The van der Waals surface area contributed by atoms with Gasteiger partial charge in [-0.15, -0.1) is 0 Å². The fourth-order valence-electron chi connectivity index (χ4n) is 3.48. The minimum absolute atomic E-state index is 0.251. The molecule has 0 fully saturated rings. The van der Waals surface area contributed by atoms with E-state index in [1.165, 1.54) is 5.56 Å². The highest BCUT2D eigenvalue weighted by molar-refractivity contribution is 5.91. The van der Waals surface area contributed by atoms with Crippen LogP contribution in [0.5, 0.6) is 11.5 Å². The molecular formula is C32H27NO5. The van der Waals surface area contributed by atoms with Gasteiger partial charge in [0.15, 0.2) is 0 Å². The van der Waals surface area contributed by atoms with Crippen molar-refractivity contribution < 1.29 is 23.8 Å². The molecule has 0 saturated heterocycles. The number of rotatable bonds is 11. The average molecular weight is 506 g/mol. The molecule has 0 unspecified atom stereocenters. The minimum Gasteiger partial charge on any atom is -0.493 e. The van der Waals surface area contributed by atoms with Crippen LogP contribution in [0.25, 0.3) is 11.1 Å². The third-order valence-corrected chi connectivity index (χ3v) is 5.49. The topological polar surface area (TPSA) is 74.2 Å². The summed E-state index contributed by atoms with van der Waals surface area (Å²) in [5.74, 6) is 0.104. The molecule has 0 bridgehead atoms. The first-order chi connectivity index (χ1) is 18.6. The Morgan fingerprint density at radius 2 is 1.39 bits per heavy atom. The maximum absolute atomic E-state index is 12.5. The van der Waals surface area contributed by atoms with Gasteiger partial charge in [0, 0.05) is 18.7 Å². The standard InChI is InChI=1S/C32H27NO5/c1-2-31(34)37-22-6-21-36-29-17-13-27(14-18-29)32(35)38-30-19-15-28(16-20-30)33-23-24-9-11-26(12-10-24)25-7-4-3-5-8-25/h2-5,7-20,23H,1,6,21-22H2. The van der Waals surface area contributed by atoms with Gasteiger partial charge in [-0.1, -0.05) is 61.2 Å². The van der Waals surface area contributed by atoms with E-state index in [0.717, 1.165) is 22.9 Å². The van der Waals surface area contributed by atoms with Crippen LogP contribution in [0.1, 0.15) is 22.3 Å². The monoisotopic (exact) mass is 505 g/mol. The molecule has 6 heteroatoms. The lowest BCUT2D eigenvalue weighted by molar-refractivity contribution is -0.137. The summed E-state index contributed by atoms with van der Waals surface area (Å²) in [7, 11) is 0. The SMILES string of the molecule is C=CC(=O)OCCCOc1ccc(C(=O)Oc2ccc(N=Cc3ccc(-c4ccccc4)cc3)cc2)cc1. The Labute approximate surface area is 221 Å². The number of benzene rings is 4.